The SMILES string of the molecule is Cc1cccc(/C=N\NC(=O)COc2ccc(C(C)(C)C)cc2)c1O. The first-order chi connectivity index (χ1) is 11.8. The first kappa shape index (κ1) is 18.5. The second-order valence-electron chi connectivity index (χ2n) is 6.87. The van der Waals surface area contributed by atoms with Gasteiger partial charge in [-0.2, -0.15) is 5.10 Å². The predicted octanol–water partition coefficient (Wildman–Crippen LogP) is 3.53. The van der Waals surface area contributed by atoms with Crippen LogP contribution >= 0.6 is 0 Å². The molecule has 1 amide bonds. The number of benzene rings is 2. The van der Waals surface area contributed by atoms with E-state index in [1.807, 2.05) is 30.3 Å². The number of hydrogen-bond donors (Lipinski definition) is 2. The van der Waals surface area contributed by atoms with Crippen LogP contribution in [0.5, 0.6) is 11.5 Å². The monoisotopic (exact) mass is 340 g/mol. The molecule has 0 aliphatic heterocycles. The second-order valence-corrected chi connectivity index (χ2v) is 6.87. The Bertz CT molecular complexity index is 760. The van der Waals surface area contributed by atoms with Gasteiger partial charge in [0.2, 0.25) is 0 Å². The molecule has 0 bridgehead atoms. The number of phenols is 1. The summed E-state index contributed by atoms with van der Waals surface area (Å²) >= 11 is 0. The van der Waals surface area contributed by atoms with Gasteiger partial charge in [-0.25, -0.2) is 5.43 Å². The Morgan fingerprint density at radius 3 is 2.52 bits per heavy atom. The van der Waals surface area contributed by atoms with Crippen molar-refractivity contribution in [2.45, 2.75) is 33.1 Å². The smallest absolute Gasteiger partial charge is 0.277 e. The minimum Gasteiger partial charge on any atom is -0.507 e. The van der Waals surface area contributed by atoms with Gasteiger partial charge in [0, 0.05) is 5.56 Å². The van der Waals surface area contributed by atoms with E-state index in [0.717, 1.165) is 5.56 Å². The molecular weight excluding hydrogens is 316 g/mol. The number of phenolic OH excluding ortho intramolecular Hbond substituents is 1. The first-order valence-electron chi connectivity index (χ1n) is 8.11. The maximum absolute atomic E-state index is 11.8. The van der Waals surface area contributed by atoms with E-state index in [-0.39, 0.29) is 23.7 Å². The quantitative estimate of drug-likeness (QED) is 0.646. The Morgan fingerprint density at radius 2 is 1.88 bits per heavy atom. The number of carbonyl (C=O) groups excluding carboxylic acids is 1. The van der Waals surface area contributed by atoms with Crippen molar-refractivity contribution in [3.8, 4) is 11.5 Å². The van der Waals surface area contributed by atoms with Crippen molar-refractivity contribution in [1.82, 2.24) is 5.43 Å². The largest absolute Gasteiger partial charge is 0.507 e. The van der Waals surface area contributed by atoms with Crippen LogP contribution < -0.4 is 10.2 Å². The number of rotatable bonds is 5. The summed E-state index contributed by atoms with van der Waals surface area (Å²) in [5.41, 5.74) is 4.94. The highest BCUT2D eigenvalue weighted by Gasteiger charge is 2.13. The molecule has 0 unspecified atom stereocenters. The minimum atomic E-state index is -0.372. The van der Waals surface area contributed by atoms with Gasteiger partial charge in [-0.05, 0) is 41.7 Å². The Balaban J connectivity index is 1.84. The molecule has 25 heavy (non-hydrogen) atoms. The predicted molar refractivity (Wildman–Crippen MR) is 99.2 cm³/mol. The van der Waals surface area contributed by atoms with E-state index in [0.29, 0.717) is 11.3 Å². The molecule has 5 nitrogen and oxygen atoms in total. The van der Waals surface area contributed by atoms with Crippen LogP contribution in [0.2, 0.25) is 0 Å². The third kappa shape index (κ3) is 5.35. The zero-order valence-electron chi connectivity index (χ0n) is 15.0. The Kier molecular flexibility index (Phi) is 5.80. The number of ether oxygens (including phenoxy) is 1. The molecule has 0 aliphatic carbocycles. The molecule has 2 aromatic carbocycles. The number of nitrogens with zero attached hydrogens (tertiary/aromatic N) is 1. The van der Waals surface area contributed by atoms with Crippen molar-refractivity contribution in [1.29, 1.82) is 0 Å². The highest BCUT2D eigenvalue weighted by atomic mass is 16.5. The number of hydrazone groups is 1. The number of hydrogen-bond acceptors (Lipinski definition) is 4. The maximum Gasteiger partial charge on any atom is 0.277 e. The fraction of sp³-hybridized carbons (Fsp3) is 0.300. The molecule has 0 saturated heterocycles. The normalized spacial score (nSPS) is 11.5. The van der Waals surface area contributed by atoms with Crippen LogP contribution in [-0.4, -0.2) is 23.8 Å². The summed E-state index contributed by atoms with van der Waals surface area (Å²) in [5.74, 6) is 0.405. The van der Waals surface area contributed by atoms with E-state index in [1.165, 1.54) is 11.8 Å². The van der Waals surface area contributed by atoms with E-state index in [4.69, 9.17) is 4.74 Å². The van der Waals surface area contributed by atoms with E-state index in [9.17, 15) is 9.90 Å². The van der Waals surface area contributed by atoms with Gasteiger partial charge in [0.15, 0.2) is 6.61 Å². The van der Waals surface area contributed by atoms with Gasteiger partial charge in [-0.1, -0.05) is 45.0 Å². The molecule has 132 valence electrons. The number of amides is 1. The summed E-state index contributed by atoms with van der Waals surface area (Å²) in [7, 11) is 0. The molecular formula is C20H24N2O3. The van der Waals surface area contributed by atoms with Crippen molar-refractivity contribution >= 4 is 12.1 Å². The molecule has 0 saturated carbocycles. The number of aryl methyl sites for hydroxylation is 1. The van der Waals surface area contributed by atoms with E-state index < -0.39 is 0 Å². The third-order valence-electron chi connectivity index (χ3n) is 3.75. The minimum absolute atomic E-state index is 0.0754. The topological polar surface area (TPSA) is 70.9 Å². The Morgan fingerprint density at radius 1 is 1.20 bits per heavy atom. The Hall–Kier alpha value is -2.82. The molecule has 0 fully saturated rings. The average Bonchev–Trinajstić information content (AvgIpc) is 2.56. The van der Waals surface area contributed by atoms with E-state index >= 15 is 0 Å². The zero-order chi connectivity index (χ0) is 18.4. The van der Waals surface area contributed by atoms with Crippen molar-refractivity contribution in [2.24, 2.45) is 5.10 Å². The van der Waals surface area contributed by atoms with Gasteiger partial charge >= 0.3 is 0 Å². The fourth-order valence-corrected chi connectivity index (χ4v) is 2.19. The maximum atomic E-state index is 11.8. The molecule has 0 aromatic heterocycles. The highest BCUT2D eigenvalue weighted by Crippen LogP contribution is 2.24. The standard InChI is InChI=1S/C20H24N2O3/c1-14-6-5-7-15(19(14)24)12-21-22-18(23)13-25-17-10-8-16(9-11-17)20(2,3)4/h5-12,24H,13H2,1-4H3,(H,22,23)/b21-12-. The van der Waals surface area contributed by atoms with Crippen LogP contribution in [0.25, 0.3) is 0 Å². The molecule has 0 radical (unpaired) electrons. The summed E-state index contributed by atoms with van der Waals surface area (Å²) in [6, 6.07) is 13.0. The van der Waals surface area contributed by atoms with Crippen molar-refractivity contribution in [2.75, 3.05) is 6.61 Å². The van der Waals surface area contributed by atoms with Gasteiger partial charge in [0.1, 0.15) is 11.5 Å². The van der Waals surface area contributed by atoms with Crippen LogP contribution in [0.4, 0.5) is 0 Å². The van der Waals surface area contributed by atoms with Crippen LogP contribution in [0.3, 0.4) is 0 Å². The summed E-state index contributed by atoms with van der Waals surface area (Å²) in [6.45, 7) is 8.08. The van der Waals surface area contributed by atoms with E-state index in [2.05, 4.69) is 31.3 Å². The van der Waals surface area contributed by atoms with Crippen LogP contribution in [-0.2, 0) is 10.2 Å². The summed E-state index contributed by atoms with van der Waals surface area (Å²) in [5, 5.41) is 13.7. The third-order valence-corrected chi connectivity index (χ3v) is 3.75. The number of nitrogens with one attached hydrogen (secondary N) is 1. The van der Waals surface area contributed by atoms with E-state index in [1.54, 1.807) is 19.1 Å². The molecule has 0 spiro atoms. The van der Waals surface area contributed by atoms with Gasteiger partial charge in [0.25, 0.3) is 5.91 Å². The summed E-state index contributed by atoms with van der Waals surface area (Å²) in [6.07, 6.45) is 1.40. The molecule has 0 heterocycles. The van der Waals surface area contributed by atoms with Gasteiger partial charge in [-0.3, -0.25) is 4.79 Å². The lowest BCUT2D eigenvalue weighted by Gasteiger charge is -2.19. The molecule has 2 aromatic rings. The molecule has 5 heteroatoms. The lowest BCUT2D eigenvalue weighted by Crippen LogP contribution is -2.24. The number of carbonyl (C=O) groups is 1. The zero-order valence-corrected chi connectivity index (χ0v) is 15.0. The molecule has 2 N–H and O–H groups in total. The second kappa shape index (κ2) is 7.83. The van der Waals surface area contributed by atoms with Crippen LogP contribution in [0.15, 0.2) is 47.6 Å². The summed E-state index contributed by atoms with van der Waals surface area (Å²) < 4.78 is 5.45. The number of aromatic hydroxyl groups is 1. The summed E-state index contributed by atoms with van der Waals surface area (Å²) in [4.78, 5) is 11.8. The molecule has 0 atom stereocenters. The van der Waals surface area contributed by atoms with Crippen molar-refractivity contribution in [3.05, 3.63) is 59.2 Å². The Labute approximate surface area is 148 Å². The lowest BCUT2D eigenvalue weighted by atomic mass is 9.87. The molecule has 0 aliphatic rings. The highest BCUT2D eigenvalue weighted by molar-refractivity contribution is 5.85. The van der Waals surface area contributed by atoms with Gasteiger partial charge < -0.3 is 9.84 Å². The average molecular weight is 340 g/mol. The fourth-order valence-electron chi connectivity index (χ4n) is 2.19. The van der Waals surface area contributed by atoms with Gasteiger partial charge in [-0.15, -0.1) is 0 Å². The number of para-hydroxylation sites is 1. The first-order valence-corrected chi connectivity index (χ1v) is 8.11. The van der Waals surface area contributed by atoms with Gasteiger partial charge in [0.05, 0.1) is 6.21 Å². The van der Waals surface area contributed by atoms with Crippen LogP contribution in [0.1, 0.15) is 37.5 Å². The van der Waals surface area contributed by atoms with Crippen molar-refractivity contribution < 1.29 is 14.6 Å². The van der Waals surface area contributed by atoms with Crippen molar-refractivity contribution in [3.63, 3.8) is 0 Å². The van der Waals surface area contributed by atoms with Crippen LogP contribution in [0, 0.1) is 6.92 Å². The lowest BCUT2D eigenvalue weighted by molar-refractivity contribution is -0.123. The molecule has 2 rings (SSSR count).